The number of rotatable bonds is 12. The molecule has 120 valence electrons. The van der Waals surface area contributed by atoms with Crippen LogP contribution in [0.25, 0.3) is 0 Å². The summed E-state index contributed by atoms with van der Waals surface area (Å²) in [5.74, 6) is 0.917. The van der Waals surface area contributed by atoms with Crippen molar-refractivity contribution in [1.29, 1.82) is 0 Å². The molecule has 0 saturated carbocycles. The van der Waals surface area contributed by atoms with Gasteiger partial charge in [-0.25, -0.2) is 0 Å². The third kappa shape index (κ3) is 7.08. The Morgan fingerprint density at radius 2 is 1.38 bits per heavy atom. The molecular weight excluding hydrogens is 284 g/mol. The second-order valence-corrected chi connectivity index (χ2v) is 7.33. The topological polar surface area (TPSA) is 36.9 Å². The lowest BCUT2D eigenvalue weighted by molar-refractivity contribution is 0.0704. The lowest BCUT2D eigenvalue weighted by Crippen LogP contribution is -2.45. The standard InChI is InChI=1S/C16H28O4Si/c1-4-18-21(19-5-2,20-6-3)15-11-10-14-17-16-12-8-7-9-13-16/h7-9,12-13H,4-6,10-11,14-15H2,1-3H3. The number of hydrogen-bond donors (Lipinski definition) is 0. The fraction of sp³-hybridized carbons (Fsp3) is 0.625. The van der Waals surface area contributed by atoms with Crippen LogP contribution in [-0.4, -0.2) is 35.2 Å². The fourth-order valence-electron chi connectivity index (χ4n) is 2.15. The molecular formula is C16H28O4Si. The molecule has 0 N–H and O–H groups in total. The molecule has 0 unspecified atom stereocenters. The molecule has 0 heterocycles. The van der Waals surface area contributed by atoms with Crippen LogP contribution in [0.2, 0.25) is 6.04 Å². The number of para-hydroxylation sites is 1. The van der Waals surface area contributed by atoms with Crippen molar-refractivity contribution in [2.24, 2.45) is 0 Å². The Balaban J connectivity index is 2.31. The van der Waals surface area contributed by atoms with E-state index in [0.717, 1.165) is 24.6 Å². The van der Waals surface area contributed by atoms with Crippen molar-refractivity contribution in [3.05, 3.63) is 30.3 Å². The summed E-state index contributed by atoms with van der Waals surface area (Å²) < 4.78 is 23.2. The summed E-state index contributed by atoms with van der Waals surface area (Å²) in [5, 5.41) is 0. The van der Waals surface area contributed by atoms with Crippen molar-refractivity contribution in [2.75, 3.05) is 26.4 Å². The Labute approximate surface area is 129 Å². The number of benzene rings is 1. The van der Waals surface area contributed by atoms with Gasteiger partial charge in [-0.3, -0.25) is 0 Å². The van der Waals surface area contributed by atoms with Gasteiger partial charge in [0.25, 0.3) is 0 Å². The van der Waals surface area contributed by atoms with E-state index in [4.69, 9.17) is 18.0 Å². The monoisotopic (exact) mass is 312 g/mol. The normalized spacial score (nSPS) is 11.6. The number of hydrogen-bond acceptors (Lipinski definition) is 4. The first-order chi connectivity index (χ1) is 10.3. The second-order valence-electron chi connectivity index (χ2n) is 4.60. The molecule has 0 aliphatic carbocycles. The summed E-state index contributed by atoms with van der Waals surface area (Å²) >= 11 is 0. The third-order valence-corrected chi connectivity index (χ3v) is 6.13. The fourth-order valence-corrected chi connectivity index (χ4v) is 4.84. The molecule has 0 aromatic heterocycles. The van der Waals surface area contributed by atoms with E-state index in [0.29, 0.717) is 26.4 Å². The Hall–Kier alpha value is -0.883. The number of unbranched alkanes of at least 4 members (excludes halogenated alkanes) is 1. The van der Waals surface area contributed by atoms with Crippen LogP contribution in [0.15, 0.2) is 30.3 Å². The summed E-state index contributed by atoms with van der Waals surface area (Å²) in [6.45, 7) is 8.56. The molecule has 5 heteroatoms. The van der Waals surface area contributed by atoms with E-state index in [2.05, 4.69) is 0 Å². The van der Waals surface area contributed by atoms with Crippen LogP contribution in [-0.2, 0) is 13.3 Å². The van der Waals surface area contributed by atoms with E-state index >= 15 is 0 Å². The molecule has 0 aliphatic rings. The maximum absolute atomic E-state index is 5.83. The van der Waals surface area contributed by atoms with Crippen molar-refractivity contribution < 1.29 is 18.0 Å². The molecule has 0 aliphatic heterocycles. The lowest BCUT2D eigenvalue weighted by atomic mass is 10.3. The van der Waals surface area contributed by atoms with Gasteiger partial charge in [-0.15, -0.1) is 0 Å². The van der Waals surface area contributed by atoms with Crippen molar-refractivity contribution in [3.8, 4) is 5.75 Å². The van der Waals surface area contributed by atoms with Gasteiger partial charge in [0.15, 0.2) is 0 Å². The van der Waals surface area contributed by atoms with Crippen molar-refractivity contribution in [1.82, 2.24) is 0 Å². The first-order valence-corrected chi connectivity index (χ1v) is 9.79. The molecule has 0 radical (unpaired) electrons. The van der Waals surface area contributed by atoms with Crippen LogP contribution >= 0.6 is 0 Å². The highest BCUT2D eigenvalue weighted by atomic mass is 28.4. The van der Waals surface area contributed by atoms with Gasteiger partial charge in [-0.2, -0.15) is 0 Å². The summed E-state index contributed by atoms with van der Waals surface area (Å²) in [6, 6.07) is 10.7. The maximum atomic E-state index is 5.83. The van der Waals surface area contributed by atoms with Gasteiger partial charge < -0.3 is 18.0 Å². The molecule has 1 aromatic carbocycles. The molecule has 0 fully saturated rings. The predicted molar refractivity (Wildman–Crippen MR) is 86.6 cm³/mol. The SMILES string of the molecule is CCO[Si](CCCCOc1ccccc1)(OCC)OCC. The van der Waals surface area contributed by atoms with E-state index in [9.17, 15) is 0 Å². The summed E-state index contributed by atoms with van der Waals surface area (Å²) in [7, 11) is -2.48. The summed E-state index contributed by atoms with van der Waals surface area (Å²) in [6.07, 6.45) is 1.95. The van der Waals surface area contributed by atoms with Crippen LogP contribution in [0.3, 0.4) is 0 Å². The van der Waals surface area contributed by atoms with Crippen molar-refractivity contribution in [2.45, 2.75) is 39.7 Å². The third-order valence-electron chi connectivity index (χ3n) is 2.98. The predicted octanol–water partition coefficient (Wildman–Crippen LogP) is 3.89. The molecule has 0 amide bonds. The van der Waals surface area contributed by atoms with Crippen LogP contribution in [0.1, 0.15) is 33.6 Å². The minimum Gasteiger partial charge on any atom is -0.494 e. The minimum absolute atomic E-state index is 0.632. The van der Waals surface area contributed by atoms with Gasteiger partial charge >= 0.3 is 8.80 Å². The first-order valence-electron chi connectivity index (χ1n) is 7.86. The zero-order chi connectivity index (χ0) is 15.4. The van der Waals surface area contributed by atoms with E-state index in [-0.39, 0.29) is 0 Å². The van der Waals surface area contributed by atoms with E-state index < -0.39 is 8.80 Å². The lowest BCUT2D eigenvalue weighted by Gasteiger charge is -2.28. The molecule has 0 saturated heterocycles. The van der Waals surface area contributed by atoms with Crippen LogP contribution in [0.4, 0.5) is 0 Å². The average Bonchev–Trinajstić information content (AvgIpc) is 2.49. The highest BCUT2D eigenvalue weighted by Crippen LogP contribution is 2.19. The summed E-state index contributed by atoms with van der Waals surface area (Å²) in [5.41, 5.74) is 0. The number of ether oxygens (including phenoxy) is 1. The molecule has 1 aromatic rings. The minimum atomic E-state index is -2.48. The van der Waals surface area contributed by atoms with Crippen molar-refractivity contribution in [3.63, 3.8) is 0 Å². The molecule has 0 spiro atoms. The van der Waals surface area contributed by atoms with E-state index in [1.54, 1.807) is 0 Å². The summed E-state index contributed by atoms with van der Waals surface area (Å²) in [4.78, 5) is 0. The quantitative estimate of drug-likeness (QED) is 0.433. The van der Waals surface area contributed by atoms with Gasteiger partial charge in [0, 0.05) is 25.9 Å². The Kier molecular flexibility index (Phi) is 9.33. The second kappa shape index (κ2) is 10.8. The largest absolute Gasteiger partial charge is 0.500 e. The zero-order valence-electron chi connectivity index (χ0n) is 13.5. The molecule has 1 rings (SSSR count). The Morgan fingerprint density at radius 1 is 0.810 bits per heavy atom. The molecule has 0 bridgehead atoms. The van der Waals surface area contributed by atoms with Gasteiger partial charge in [0.2, 0.25) is 0 Å². The van der Waals surface area contributed by atoms with Gasteiger partial charge in [-0.1, -0.05) is 18.2 Å². The smallest absolute Gasteiger partial charge is 0.494 e. The van der Waals surface area contributed by atoms with Gasteiger partial charge in [0.1, 0.15) is 5.75 Å². The average molecular weight is 312 g/mol. The molecule has 0 atom stereocenters. The molecule has 4 nitrogen and oxygen atoms in total. The maximum Gasteiger partial charge on any atom is 0.500 e. The van der Waals surface area contributed by atoms with Gasteiger partial charge in [0.05, 0.1) is 6.61 Å². The van der Waals surface area contributed by atoms with Crippen LogP contribution in [0, 0.1) is 0 Å². The zero-order valence-corrected chi connectivity index (χ0v) is 14.5. The highest BCUT2D eigenvalue weighted by molar-refractivity contribution is 6.60. The van der Waals surface area contributed by atoms with Gasteiger partial charge in [-0.05, 0) is 45.7 Å². The Morgan fingerprint density at radius 3 is 1.90 bits per heavy atom. The van der Waals surface area contributed by atoms with Crippen LogP contribution < -0.4 is 4.74 Å². The highest BCUT2D eigenvalue weighted by Gasteiger charge is 2.39. The van der Waals surface area contributed by atoms with Crippen molar-refractivity contribution >= 4 is 8.80 Å². The molecule has 21 heavy (non-hydrogen) atoms. The van der Waals surface area contributed by atoms with E-state index in [1.807, 2.05) is 51.1 Å². The first kappa shape index (κ1) is 18.2. The van der Waals surface area contributed by atoms with Crippen LogP contribution in [0.5, 0.6) is 5.75 Å². The van der Waals surface area contributed by atoms with E-state index in [1.165, 1.54) is 0 Å². The Bertz CT molecular complexity index is 342.